The monoisotopic (exact) mass is 353 g/mol. The third-order valence-electron chi connectivity index (χ3n) is 4.15. The molecule has 1 N–H and O–H groups in total. The Morgan fingerprint density at radius 1 is 1.35 bits per heavy atom. The van der Waals surface area contributed by atoms with Crippen molar-refractivity contribution in [2.75, 3.05) is 13.1 Å². The van der Waals surface area contributed by atoms with Gasteiger partial charge >= 0.3 is 0 Å². The Morgan fingerprint density at radius 2 is 2.10 bits per heavy atom. The van der Waals surface area contributed by atoms with Crippen LogP contribution in [0, 0.1) is 0 Å². The van der Waals surface area contributed by atoms with Gasteiger partial charge in [0.15, 0.2) is 0 Å². The molecule has 1 aliphatic rings. The molecule has 0 aliphatic carbocycles. The topological polar surface area (TPSA) is 29.9 Å². The van der Waals surface area contributed by atoms with Crippen LogP contribution >= 0.6 is 27.5 Å². The molecule has 20 heavy (non-hydrogen) atoms. The van der Waals surface area contributed by atoms with E-state index in [9.17, 15) is 0 Å². The largest absolute Gasteiger partial charge is 0.317 e. The fourth-order valence-electron chi connectivity index (χ4n) is 2.82. The molecule has 0 amide bonds. The molecule has 106 valence electrons. The molecular weight excluding hydrogens is 338 g/mol. The standard InChI is InChI=1S/C15H17BrClN3/c1-15(4-6-18-7-5-15)14-9-19-10-20(14)11-2-3-13(17)12(16)8-11/h2-3,8-10,18H,4-7H2,1H3. The number of hydrogen-bond donors (Lipinski definition) is 1. The van der Waals surface area contributed by atoms with Gasteiger partial charge in [0, 0.05) is 27.5 Å². The van der Waals surface area contributed by atoms with Gasteiger partial charge in [-0.25, -0.2) is 4.98 Å². The van der Waals surface area contributed by atoms with Crippen molar-refractivity contribution in [3.05, 3.63) is 45.9 Å². The van der Waals surface area contributed by atoms with Crippen LogP contribution in [-0.2, 0) is 5.41 Å². The highest BCUT2D eigenvalue weighted by Crippen LogP contribution is 2.34. The Morgan fingerprint density at radius 3 is 2.80 bits per heavy atom. The van der Waals surface area contributed by atoms with Gasteiger partial charge in [0.1, 0.15) is 0 Å². The number of hydrogen-bond acceptors (Lipinski definition) is 2. The Bertz CT molecular complexity index is 617. The van der Waals surface area contributed by atoms with E-state index in [1.54, 1.807) is 0 Å². The first-order chi connectivity index (χ1) is 9.60. The first-order valence-corrected chi connectivity index (χ1v) is 7.96. The second-order valence-electron chi connectivity index (χ2n) is 5.56. The number of imidazole rings is 1. The summed E-state index contributed by atoms with van der Waals surface area (Å²) in [5, 5.41) is 4.15. The third kappa shape index (κ3) is 2.52. The van der Waals surface area contributed by atoms with Gasteiger partial charge in [-0.2, -0.15) is 0 Å². The van der Waals surface area contributed by atoms with Gasteiger partial charge in [0.05, 0.1) is 11.3 Å². The molecule has 3 rings (SSSR count). The first-order valence-electron chi connectivity index (χ1n) is 6.79. The van der Waals surface area contributed by atoms with Crippen LogP contribution in [-0.4, -0.2) is 22.6 Å². The van der Waals surface area contributed by atoms with Crippen molar-refractivity contribution < 1.29 is 0 Å². The van der Waals surface area contributed by atoms with E-state index in [1.807, 2.05) is 30.7 Å². The van der Waals surface area contributed by atoms with Crippen LogP contribution in [0.2, 0.25) is 5.02 Å². The van der Waals surface area contributed by atoms with Crippen molar-refractivity contribution in [1.82, 2.24) is 14.9 Å². The molecule has 0 bridgehead atoms. The summed E-state index contributed by atoms with van der Waals surface area (Å²) in [6.45, 7) is 4.45. The Hall–Kier alpha value is -0.840. The fourth-order valence-corrected chi connectivity index (χ4v) is 3.30. The number of benzene rings is 1. The molecule has 1 aromatic heterocycles. The van der Waals surface area contributed by atoms with Crippen LogP contribution in [0.25, 0.3) is 5.69 Å². The highest BCUT2D eigenvalue weighted by Gasteiger charge is 2.32. The van der Waals surface area contributed by atoms with Crippen molar-refractivity contribution >= 4 is 27.5 Å². The summed E-state index contributed by atoms with van der Waals surface area (Å²) in [7, 11) is 0. The molecule has 0 saturated carbocycles. The summed E-state index contributed by atoms with van der Waals surface area (Å²) < 4.78 is 3.08. The normalized spacial score (nSPS) is 18.1. The molecule has 1 saturated heterocycles. The van der Waals surface area contributed by atoms with Crippen LogP contribution in [0.15, 0.2) is 35.2 Å². The average Bonchev–Trinajstić information content (AvgIpc) is 2.93. The van der Waals surface area contributed by atoms with Gasteiger partial charge in [0.25, 0.3) is 0 Å². The van der Waals surface area contributed by atoms with Crippen LogP contribution < -0.4 is 5.32 Å². The second-order valence-corrected chi connectivity index (χ2v) is 6.82. The number of rotatable bonds is 2. The molecule has 5 heteroatoms. The first kappa shape index (κ1) is 14.1. The number of halogens is 2. The van der Waals surface area contributed by atoms with Crippen molar-refractivity contribution in [1.29, 1.82) is 0 Å². The summed E-state index contributed by atoms with van der Waals surface area (Å²) in [6.07, 6.45) is 6.15. The smallest absolute Gasteiger partial charge is 0.0994 e. The van der Waals surface area contributed by atoms with E-state index >= 15 is 0 Å². The lowest BCUT2D eigenvalue weighted by Crippen LogP contribution is -2.38. The predicted octanol–water partition coefficient (Wildman–Crippen LogP) is 3.93. The lowest BCUT2D eigenvalue weighted by atomic mass is 9.78. The van der Waals surface area contributed by atoms with Crippen LogP contribution in [0.4, 0.5) is 0 Å². The van der Waals surface area contributed by atoms with E-state index < -0.39 is 0 Å². The molecule has 3 nitrogen and oxygen atoms in total. The van der Waals surface area contributed by atoms with Crippen molar-refractivity contribution in [3.63, 3.8) is 0 Å². The van der Waals surface area contributed by atoms with Gasteiger partial charge in [-0.1, -0.05) is 18.5 Å². The summed E-state index contributed by atoms with van der Waals surface area (Å²) in [5.41, 5.74) is 2.54. The summed E-state index contributed by atoms with van der Waals surface area (Å²) in [4.78, 5) is 4.37. The summed E-state index contributed by atoms with van der Waals surface area (Å²) >= 11 is 9.57. The van der Waals surface area contributed by atoms with Crippen molar-refractivity contribution in [3.8, 4) is 5.69 Å². The summed E-state index contributed by atoms with van der Waals surface area (Å²) in [6, 6.07) is 5.98. The van der Waals surface area contributed by atoms with E-state index in [2.05, 4.69) is 37.7 Å². The molecule has 0 atom stereocenters. The lowest BCUT2D eigenvalue weighted by molar-refractivity contribution is 0.324. The van der Waals surface area contributed by atoms with Crippen LogP contribution in [0.3, 0.4) is 0 Å². The molecule has 2 heterocycles. The summed E-state index contributed by atoms with van der Waals surface area (Å²) in [5.74, 6) is 0. The van der Waals surface area contributed by atoms with Gasteiger partial charge in [-0.05, 0) is 60.1 Å². The SMILES string of the molecule is CC1(c2cncn2-c2ccc(Cl)c(Br)c2)CCNCC1. The zero-order chi connectivity index (χ0) is 14.2. The van der Waals surface area contributed by atoms with Gasteiger partial charge in [0.2, 0.25) is 0 Å². The van der Waals surface area contributed by atoms with E-state index in [1.165, 1.54) is 5.69 Å². The molecule has 0 unspecified atom stereocenters. The molecule has 0 radical (unpaired) electrons. The molecular formula is C15H17BrClN3. The van der Waals surface area contributed by atoms with E-state index in [0.717, 1.165) is 41.1 Å². The Labute approximate surface area is 132 Å². The fraction of sp³-hybridized carbons (Fsp3) is 0.400. The molecule has 1 fully saturated rings. The zero-order valence-electron chi connectivity index (χ0n) is 11.4. The number of piperidine rings is 1. The highest BCUT2D eigenvalue weighted by molar-refractivity contribution is 9.10. The predicted molar refractivity (Wildman–Crippen MR) is 85.7 cm³/mol. The number of nitrogens with zero attached hydrogens (tertiary/aromatic N) is 2. The van der Waals surface area contributed by atoms with Crippen molar-refractivity contribution in [2.24, 2.45) is 0 Å². The van der Waals surface area contributed by atoms with Gasteiger partial charge in [-0.15, -0.1) is 0 Å². The van der Waals surface area contributed by atoms with Gasteiger partial charge < -0.3 is 9.88 Å². The van der Waals surface area contributed by atoms with Crippen molar-refractivity contribution in [2.45, 2.75) is 25.2 Å². The second kappa shape index (κ2) is 5.51. The van der Waals surface area contributed by atoms with E-state index in [-0.39, 0.29) is 5.41 Å². The Kier molecular flexibility index (Phi) is 3.89. The quantitative estimate of drug-likeness (QED) is 0.885. The van der Waals surface area contributed by atoms with Gasteiger partial charge in [-0.3, -0.25) is 0 Å². The van der Waals surface area contributed by atoms with E-state index in [4.69, 9.17) is 11.6 Å². The van der Waals surface area contributed by atoms with Crippen LogP contribution in [0.1, 0.15) is 25.5 Å². The minimum atomic E-state index is 0.174. The zero-order valence-corrected chi connectivity index (χ0v) is 13.7. The number of aromatic nitrogens is 2. The minimum Gasteiger partial charge on any atom is -0.317 e. The van der Waals surface area contributed by atoms with Crippen LogP contribution in [0.5, 0.6) is 0 Å². The molecule has 0 spiro atoms. The highest BCUT2D eigenvalue weighted by atomic mass is 79.9. The lowest BCUT2D eigenvalue weighted by Gasteiger charge is -2.34. The minimum absolute atomic E-state index is 0.174. The number of nitrogens with one attached hydrogen (secondary N) is 1. The molecule has 1 aliphatic heterocycles. The maximum Gasteiger partial charge on any atom is 0.0994 e. The Balaban J connectivity index is 2.03. The maximum absolute atomic E-state index is 6.08. The molecule has 2 aromatic rings. The third-order valence-corrected chi connectivity index (χ3v) is 5.36. The van der Waals surface area contributed by atoms with E-state index in [0.29, 0.717) is 0 Å². The molecule has 1 aromatic carbocycles. The average molecular weight is 355 g/mol. The maximum atomic E-state index is 6.08.